The van der Waals surface area contributed by atoms with Crippen molar-refractivity contribution in [1.82, 2.24) is 0 Å². The molecule has 0 bridgehead atoms. The summed E-state index contributed by atoms with van der Waals surface area (Å²) in [5.74, 6) is -0.295. The molecule has 0 unspecified atom stereocenters. The van der Waals surface area contributed by atoms with Gasteiger partial charge in [-0.05, 0) is 63.1 Å². The van der Waals surface area contributed by atoms with Gasteiger partial charge in [-0.2, -0.15) is 0 Å². The maximum atomic E-state index is 10.6. The number of aryl methyl sites for hydroxylation is 1. The molecular formula is C21H30O2. The molecule has 1 aromatic rings. The smallest absolute Gasteiger partial charge is 0.123 e. The quantitative estimate of drug-likeness (QED) is 0.510. The predicted octanol–water partition coefficient (Wildman–Crippen LogP) is 5.85. The van der Waals surface area contributed by atoms with Gasteiger partial charge in [0.15, 0.2) is 0 Å². The zero-order valence-corrected chi connectivity index (χ0v) is 14.2. The number of phenolic OH excluding ortho intramolecular Hbond substituents is 2. The van der Waals surface area contributed by atoms with Gasteiger partial charge in [-0.3, -0.25) is 0 Å². The van der Waals surface area contributed by atoms with E-state index < -0.39 is 6.85 Å². The van der Waals surface area contributed by atoms with Crippen molar-refractivity contribution in [3.8, 4) is 11.5 Å². The molecule has 2 atom stereocenters. The molecule has 2 heteroatoms. The molecule has 0 aromatic heterocycles. The van der Waals surface area contributed by atoms with E-state index in [0.29, 0.717) is 24.0 Å². The van der Waals surface area contributed by atoms with E-state index in [9.17, 15) is 10.2 Å². The third-order valence-electron chi connectivity index (χ3n) is 4.77. The number of rotatable bonds is 6. The standard InChI is InChI=1S/C21H30O2/c1-5-6-7-8-16-12-19(22)21(20(23)13-16)18-11-15(4)9-10-17(18)14(2)3/h11-13,17-18,22-23H,2,5-10H2,1,3-4H3/t17-,18+/m0/s1/i4D3. The van der Waals surface area contributed by atoms with E-state index >= 15 is 0 Å². The van der Waals surface area contributed by atoms with E-state index in [2.05, 4.69) is 13.5 Å². The van der Waals surface area contributed by atoms with Crippen LogP contribution in [-0.4, -0.2) is 10.2 Å². The van der Waals surface area contributed by atoms with Crippen molar-refractivity contribution < 1.29 is 14.3 Å². The summed E-state index contributed by atoms with van der Waals surface area (Å²) in [7, 11) is 0. The number of hydrogen-bond donors (Lipinski definition) is 2. The Balaban J connectivity index is 2.43. The largest absolute Gasteiger partial charge is 0.507 e. The van der Waals surface area contributed by atoms with Crippen LogP contribution in [0, 0.1) is 5.92 Å². The number of unbranched alkanes of at least 4 members (excludes halogenated alkanes) is 2. The number of benzene rings is 1. The van der Waals surface area contributed by atoms with Gasteiger partial charge in [0.25, 0.3) is 0 Å². The zero-order chi connectivity index (χ0) is 19.5. The third-order valence-corrected chi connectivity index (χ3v) is 4.77. The number of allylic oxidation sites excluding steroid dienone is 3. The molecule has 0 amide bonds. The van der Waals surface area contributed by atoms with Gasteiger partial charge in [0.2, 0.25) is 0 Å². The van der Waals surface area contributed by atoms with Crippen LogP contribution in [0.1, 0.15) is 74.0 Å². The molecule has 0 heterocycles. The highest BCUT2D eigenvalue weighted by molar-refractivity contribution is 5.51. The van der Waals surface area contributed by atoms with Crippen LogP contribution in [0.3, 0.4) is 0 Å². The fourth-order valence-electron chi connectivity index (χ4n) is 3.49. The highest BCUT2D eigenvalue weighted by atomic mass is 16.3. The van der Waals surface area contributed by atoms with Crippen LogP contribution in [0.4, 0.5) is 0 Å². The normalized spacial score (nSPS) is 23.6. The average molecular weight is 317 g/mol. The maximum Gasteiger partial charge on any atom is 0.123 e. The lowest BCUT2D eigenvalue weighted by Gasteiger charge is -2.31. The second-order valence-corrected chi connectivity index (χ2v) is 6.71. The molecule has 0 fully saturated rings. The van der Waals surface area contributed by atoms with E-state index in [1.54, 1.807) is 18.2 Å². The average Bonchev–Trinajstić information content (AvgIpc) is 2.53. The zero-order valence-electron chi connectivity index (χ0n) is 17.2. The second-order valence-electron chi connectivity index (χ2n) is 6.71. The maximum absolute atomic E-state index is 10.6. The first kappa shape index (κ1) is 13.7. The van der Waals surface area contributed by atoms with Gasteiger partial charge >= 0.3 is 0 Å². The molecule has 2 rings (SSSR count). The predicted molar refractivity (Wildman–Crippen MR) is 97.0 cm³/mol. The Kier molecular flexibility index (Phi) is 4.60. The van der Waals surface area contributed by atoms with Crippen molar-refractivity contribution in [2.24, 2.45) is 5.92 Å². The van der Waals surface area contributed by atoms with Crippen LogP contribution >= 0.6 is 0 Å². The first-order valence-corrected chi connectivity index (χ1v) is 8.56. The highest BCUT2D eigenvalue weighted by Crippen LogP contribution is 2.46. The summed E-state index contributed by atoms with van der Waals surface area (Å²) >= 11 is 0. The summed E-state index contributed by atoms with van der Waals surface area (Å²) < 4.78 is 23.1. The second kappa shape index (κ2) is 7.72. The molecule has 2 N–H and O–H groups in total. The van der Waals surface area contributed by atoms with Gasteiger partial charge in [0.1, 0.15) is 11.5 Å². The van der Waals surface area contributed by atoms with Crippen LogP contribution in [0.25, 0.3) is 0 Å². The molecule has 0 aliphatic heterocycles. The Bertz CT molecular complexity index is 666. The lowest BCUT2D eigenvalue weighted by Crippen LogP contribution is -2.17. The van der Waals surface area contributed by atoms with Crippen molar-refractivity contribution in [3.05, 3.63) is 47.1 Å². The fourth-order valence-corrected chi connectivity index (χ4v) is 3.49. The molecule has 2 nitrogen and oxygen atoms in total. The molecule has 1 aliphatic carbocycles. The SMILES string of the molecule is [2H]C([2H])([2H])C1=C[C@@H](c2c(O)cc(CCCCC)cc2O)[C@H](C(=C)C)CC1. The molecule has 1 aromatic carbocycles. The number of phenols is 2. The summed E-state index contributed by atoms with van der Waals surface area (Å²) in [5, 5.41) is 21.2. The van der Waals surface area contributed by atoms with Crippen LogP contribution < -0.4 is 0 Å². The van der Waals surface area contributed by atoms with E-state index in [1.165, 1.54) is 0 Å². The van der Waals surface area contributed by atoms with Gasteiger partial charge in [0, 0.05) is 15.6 Å². The minimum atomic E-state index is -2.15. The summed E-state index contributed by atoms with van der Waals surface area (Å²) in [4.78, 5) is 0. The van der Waals surface area contributed by atoms with Gasteiger partial charge in [-0.1, -0.05) is 43.6 Å². The topological polar surface area (TPSA) is 40.5 Å². The first-order valence-electron chi connectivity index (χ1n) is 10.1. The Morgan fingerprint density at radius 3 is 2.57 bits per heavy atom. The summed E-state index contributed by atoms with van der Waals surface area (Å²) in [6, 6.07) is 3.41. The van der Waals surface area contributed by atoms with Crippen molar-refractivity contribution in [1.29, 1.82) is 0 Å². The number of hydrogen-bond acceptors (Lipinski definition) is 2. The van der Waals surface area contributed by atoms with Crippen molar-refractivity contribution >= 4 is 0 Å². The Hall–Kier alpha value is -1.70. The van der Waals surface area contributed by atoms with Crippen molar-refractivity contribution in [3.63, 3.8) is 0 Å². The summed E-state index contributed by atoms with van der Waals surface area (Å²) in [6.45, 7) is 5.93. The first-order chi connectivity index (χ1) is 12.1. The van der Waals surface area contributed by atoms with Crippen LogP contribution in [0.2, 0.25) is 0 Å². The van der Waals surface area contributed by atoms with Gasteiger partial charge in [-0.15, -0.1) is 0 Å². The fraction of sp³-hybridized carbons (Fsp3) is 0.524. The third kappa shape index (κ3) is 4.19. The van der Waals surface area contributed by atoms with Crippen LogP contribution in [0.5, 0.6) is 11.5 Å². The Morgan fingerprint density at radius 2 is 2.00 bits per heavy atom. The molecule has 0 saturated heterocycles. The Morgan fingerprint density at radius 1 is 1.30 bits per heavy atom. The molecular weight excluding hydrogens is 284 g/mol. The van der Waals surface area contributed by atoms with E-state index in [-0.39, 0.29) is 23.3 Å². The molecule has 23 heavy (non-hydrogen) atoms. The molecule has 126 valence electrons. The molecule has 0 spiro atoms. The van der Waals surface area contributed by atoms with Crippen LogP contribution in [-0.2, 0) is 6.42 Å². The lowest BCUT2D eigenvalue weighted by atomic mass is 9.73. The van der Waals surface area contributed by atoms with Crippen molar-refractivity contribution in [2.45, 2.75) is 65.1 Å². The molecule has 0 saturated carbocycles. The molecule has 1 aliphatic rings. The van der Waals surface area contributed by atoms with E-state index in [1.807, 2.05) is 6.92 Å². The van der Waals surface area contributed by atoms with E-state index in [0.717, 1.165) is 36.8 Å². The monoisotopic (exact) mass is 317 g/mol. The molecule has 0 radical (unpaired) electrons. The minimum Gasteiger partial charge on any atom is -0.507 e. The number of aromatic hydroxyl groups is 2. The summed E-state index contributed by atoms with van der Waals surface area (Å²) in [6.07, 6.45) is 6.88. The van der Waals surface area contributed by atoms with Crippen LogP contribution in [0.15, 0.2) is 35.9 Å². The van der Waals surface area contributed by atoms with Gasteiger partial charge in [0.05, 0.1) is 0 Å². The van der Waals surface area contributed by atoms with E-state index in [4.69, 9.17) is 4.11 Å². The summed E-state index contributed by atoms with van der Waals surface area (Å²) in [5.41, 5.74) is 2.64. The lowest BCUT2D eigenvalue weighted by molar-refractivity contribution is 0.406. The van der Waals surface area contributed by atoms with Crippen molar-refractivity contribution in [2.75, 3.05) is 0 Å². The van der Waals surface area contributed by atoms with Gasteiger partial charge in [-0.25, -0.2) is 0 Å². The van der Waals surface area contributed by atoms with Gasteiger partial charge < -0.3 is 10.2 Å². The minimum absolute atomic E-state index is 0.00356. The highest BCUT2D eigenvalue weighted by Gasteiger charge is 2.29. The Labute approximate surface area is 144 Å².